The third-order valence-electron chi connectivity index (χ3n) is 4.68. The van der Waals surface area contributed by atoms with Crippen molar-refractivity contribution in [3.8, 4) is 0 Å². The summed E-state index contributed by atoms with van der Waals surface area (Å²) in [5.41, 5.74) is 0. The zero-order chi connectivity index (χ0) is 13.7. The van der Waals surface area contributed by atoms with Crippen molar-refractivity contribution in [3.63, 3.8) is 0 Å². The SMILES string of the molecule is CCN(CC)C(=O)C1CC(C2CCCOC2)CCN1. The van der Waals surface area contributed by atoms with Crippen LogP contribution in [0.2, 0.25) is 0 Å². The van der Waals surface area contributed by atoms with E-state index in [1.165, 1.54) is 19.3 Å². The minimum absolute atomic E-state index is 0.0283. The number of likely N-dealkylation sites (N-methyl/N-ethyl adjacent to an activating group) is 1. The van der Waals surface area contributed by atoms with Crippen LogP contribution in [-0.2, 0) is 9.53 Å². The van der Waals surface area contributed by atoms with Gasteiger partial charge in [-0.05, 0) is 57.9 Å². The molecule has 4 nitrogen and oxygen atoms in total. The lowest BCUT2D eigenvalue weighted by Crippen LogP contribution is -2.51. The molecule has 0 saturated carbocycles. The number of carbonyl (C=O) groups excluding carboxylic acids is 1. The van der Waals surface area contributed by atoms with Gasteiger partial charge in [-0.3, -0.25) is 4.79 Å². The third kappa shape index (κ3) is 3.69. The highest BCUT2D eigenvalue weighted by Crippen LogP contribution is 2.30. The molecular formula is C15H28N2O2. The number of piperidine rings is 1. The van der Waals surface area contributed by atoms with Crippen molar-refractivity contribution in [1.29, 1.82) is 0 Å². The molecule has 4 heteroatoms. The summed E-state index contributed by atoms with van der Waals surface area (Å²) >= 11 is 0. The Labute approximate surface area is 116 Å². The maximum Gasteiger partial charge on any atom is 0.239 e. The fraction of sp³-hybridized carbons (Fsp3) is 0.933. The van der Waals surface area contributed by atoms with Gasteiger partial charge in [0.2, 0.25) is 5.91 Å². The average molecular weight is 268 g/mol. The molecule has 0 aromatic heterocycles. The van der Waals surface area contributed by atoms with Crippen molar-refractivity contribution >= 4 is 5.91 Å². The van der Waals surface area contributed by atoms with Crippen LogP contribution in [-0.4, -0.2) is 49.7 Å². The number of hydrogen-bond donors (Lipinski definition) is 1. The Bertz CT molecular complexity index is 286. The molecule has 0 aromatic carbocycles. The summed E-state index contributed by atoms with van der Waals surface area (Å²) in [6, 6.07) is 0.0283. The van der Waals surface area contributed by atoms with Crippen LogP contribution in [0.5, 0.6) is 0 Å². The van der Waals surface area contributed by atoms with E-state index >= 15 is 0 Å². The van der Waals surface area contributed by atoms with Gasteiger partial charge in [0.05, 0.1) is 6.04 Å². The molecule has 2 fully saturated rings. The van der Waals surface area contributed by atoms with E-state index in [1.807, 2.05) is 4.90 Å². The van der Waals surface area contributed by atoms with Gasteiger partial charge in [0.1, 0.15) is 0 Å². The summed E-state index contributed by atoms with van der Waals surface area (Å²) in [4.78, 5) is 14.4. The van der Waals surface area contributed by atoms with Crippen LogP contribution in [0.25, 0.3) is 0 Å². The number of nitrogens with zero attached hydrogens (tertiary/aromatic N) is 1. The van der Waals surface area contributed by atoms with E-state index in [2.05, 4.69) is 19.2 Å². The maximum absolute atomic E-state index is 12.4. The van der Waals surface area contributed by atoms with Crippen LogP contribution in [0, 0.1) is 11.8 Å². The third-order valence-corrected chi connectivity index (χ3v) is 4.68. The second-order valence-electron chi connectivity index (χ2n) is 5.78. The first-order valence-electron chi connectivity index (χ1n) is 7.86. The second-order valence-corrected chi connectivity index (χ2v) is 5.78. The van der Waals surface area contributed by atoms with Crippen molar-refractivity contribution in [1.82, 2.24) is 10.2 Å². The number of ether oxygens (including phenoxy) is 1. The Morgan fingerprint density at radius 2 is 2.05 bits per heavy atom. The van der Waals surface area contributed by atoms with Gasteiger partial charge >= 0.3 is 0 Å². The lowest BCUT2D eigenvalue weighted by atomic mass is 9.79. The van der Waals surface area contributed by atoms with E-state index in [1.54, 1.807) is 0 Å². The van der Waals surface area contributed by atoms with Crippen molar-refractivity contribution < 1.29 is 9.53 Å². The highest BCUT2D eigenvalue weighted by atomic mass is 16.5. The molecule has 0 aromatic rings. The molecule has 0 bridgehead atoms. The Balaban J connectivity index is 1.90. The van der Waals surface area contributed by atoms with Crippen LogP contribution in [0.15, 0.2) is 0 Å². The highest BCUT2D eigenvalue weighted by molar-refractivity contribution is 5.82. The Morgan fingerprint density at radius 3 is 2.68 bits per heavy atom. The van der Waals surface area contributed by atoms with Gasteiger partial charge in [0.15, 0.2) is 0 Å². The van der Waals surface area contributed by atoms with E-state index in [0.717, 1.165) is 39.3 Å². The quantitative estimate of drug-likeness (QED) is 0.843. The lowest BCUT2D eigenvalue weighted by Gasteiger charge is -2.37. The number of rotatable bonds is 4. The fourth-order valence-electron chi connectivity index (χ4n) is 3.46. The average Bonchev–Trinajstić information content (AvgIpc) is 2.49. The fourth-order valence-corrected chi connectivity index (χ4v) is 3.46. The maximum atomic E-state index is 12.4. The first kappa shape index (κ1) is 14.8. The molecule has 3 atom stereocenters. The highest BCUT2D eigenvalue weighted by Gasteiger charge is 2.33. The molecular weight excluding hydrogens is 240 g/mol. The molecule has 1 N–H and O–H groups in total. The van der Waals surface area contributed by atoms with E-state index in [9.17, 15) is 4.79 Å². The molecule has 110 valence electrons. The molecule has 0 spiro atoms. The summed E-state index contributed by atoms with van der Waals surface area (Å²) < 4.78 is 5.61. The van der Waals surface area contributed by atoms with E-state index in [4.69, 9.17) is 4.74 Å². The summed E-state index contributed by atoms with van der Waals surface area (Å²) in [7, 11) is 0. The van der Waals surface area contributed by atoms with Crippen molar-refractivity contribution in [2.75, 3.05) is 32.8 Å². The molecule has 19 heavy (non-hydrogen) atoms. The molecule has 2 aliphatic heterocycles. The van der Waals surface area contributed by atoms with E-state index < -0.39 is 0 Å². The number of hydrogen-bond acceptors (Lipinski definition) is 3. The number of amides is 1. The number of carbonyl (C=O) groups is 1. The molecule has 2 saturated heterocycles. The smallest absolute Gasteiger partial charge is 0.239 e. The summed E-state index contributed by atoms with van der Waals surface area (Å²) in [6.07, 6.45) is 4.64. The standard InChI is InChI=1S/C15H28N2O2/c1-3-17(4-2)15(18)14-10-12(7-8-16-14)13-6-5-9-19-11-13/h12-14,16H,3-11H2,1-2H3. The minimum Gasteiger partial charge on any atom is -0.381 e. The molecule has 0 aliphatic carbocycles. The molecule has 2 rings (SSSR count). The summed E-state index contributed by atoms with van der Waals surface area (Å²) in [5.74, 6) is 1.61. The van der Waals surface area contributed by atoms with Gasteiger partial charge in [-0.25, -0.2) is 0 Å². The Kier molecular flexibility index (Phi) is 5.64. The summed E-state index contributed by atoms with van der Waals surface area (Å²) in [6.45, 7) is 8.52. The Morgan fingerprint density at radius 1 is 1.26 bits per heavy atom. The van der Waals surface area contributed by atoms with Crippen LogP contribution < -0.4 is 5.32 Å². The lowest BCUT2D eigenvalue weighted by molar-refractivity contribution is -0.134. The molecule has 2 heterocycles. The molecule has 1 amide bonds. The van der Waals surface area contributed by atoms with Crippen molar-refractivity contribution in [2.24, 2.45) is 11.8 Å². The van der Waals surface area contributed by atoms with Crippen molar-refractivity contribution in [2.45, 2.75) is 45.6 Å². The summed E-state index contributed by atoms with van der Waals surface area (Å²) in [5, 5.41) is 3.41. The predicted octanol–water partition coefficient (Wildman–Crippen LogP) is 1.65. The van der Waals surface area contributed by atoms with Crippen LogP contribution in [0.4, 0.5) is 0 Å². The first-order valence-corrected chi connectivity index (χ1v) is 7.86. The molecule has 2 aliphatic rings. The van der Waals surface area contributed by atoms with Crippen LogP contribution in [0.1, 0.15) is 39.5 Å². The Hall–Kier alpha value is -0.610. The van der Waals surface area contributed by atoms with Crippen molar-refractivity contribution in [3.05, 3.63) is 0 Å². The monoisotopic (exact) mass is 268 g/mol. The number of nitrogens with one attached hydrogen (secondary N) is 1. The van der Waals surface area contributed by atoms with Crippen LogP contribution >= 0.6 is 0 Å². The normalized spacial score (nSPS) is 32.0. The topological polar surface area (TPSA) is 41.6 Å². The van der Waals surface area contributed by atoms with Gasteiger partial charge in [-0.15, -0.1) is 0 Å². The zero-order valence-corrected chi connectivity index (χ0v) is 12.4. The van der Waals surface area contributed by atoms with Gasteiger partial charge < -0.3 is 15.0 Å². The van der Waals surface area contributed by atoms with Gasteiger partial charge in [-0.1, -0.05) is 0 Å². The second kappa shape index (κ2) is 7.25. The van der Waals surface area contributed by atoms with Gasteiger partial charge in [0.25, 0.3) is 0 Å². The van der Waals surface area contributed by atoms with Gasteiger partial charge in [-0.2, -0.15) is 0 Å². The zero-order valence-electron chi connectivity index (χ0n) is 12.4. The van der Waals surface area contributed by atoms with Gasteiger partial charge in [0, 0.05) is 26.3 Å². The largest absolute Gasteiger partial charge is 0.381 e. The molecule has 0 radical (unpaired) electrons. The predicted molar refractivity (Wildman–Crippen MR) is 76.0 cm³/mol. The first-order chi connectivity index (χ1) is 9.26. The van der Waals surface area contributed by atoms with E-state index in [-0.39, 0.29) is 11.9 Å². The van der Waals surface area contributed by atoms with Crippen LogP contribution in [0.3, 0.4) is 0 Å². The molecule has 3 unspecified atom stereocenters. The minimum atomic E-state index is 0.0283. The van der Waals surface area contributed by atoms with E-state index in [0.29, 0.717) is 11.8 Å².